The fourth-order valence-corrected chi connectivity index (χ4v) is 6.82. The number of hydrogen-bond donors (Lipinski definition) is 5. The molecule has 0 aromatic carbocycles. The van der Waals surface area contributed by atoms with Crippen molar-refractivity contribution in [1.29, 1.82) is 0 Å². The molecule has 1 aliphatic rings. The van der Waals surface area contributed by atoms with Gasteiger partial charge in [-0.05, 0) is 38.6 Å². The number of amides is 5. The average molecular weight is 786 g/mol. The highest BCUT2D eigenvalue weighted by Crippen LogP contribution is 2.27. The molecular formula is C36H59N5O12S. The van der Waals surface area contributed by atoms with Gasteiger partial charge in [-0.3, -0.25) is 48.1 Å². The summed E-state index contributed by atoms with van der Waals surface area (Å²) in [7, 11) is 1.57. The molecule has 1 aliphatic heterocycles. The van der Waals surface area contributed by atoms with Crippen molar-refractivity contribution in [3.63, 3.8) is 0 Å². The third kappa shape index (κ3) is 18.5. The molecule has 1 unspecified atom stereocenters. The lowest BCUT2D eigenvalue weighted by molar-refractivity contribution is -0.141. The number of carboxylic acids is 1. The Kier molecular flexibility index (Phi) is 23.4. The second-order valence-electron chi connectivity index (χ2n) is 13.7. The Bertz CT molecular complexity index is 1310. The van der Waals surface area contributed by atoms with Crippen LogP contribution in [0.2, 0.25) is 0 Å². The summed E-state index contributed by atoms with van der Waals surface area (Å²) in [6.07, 6.45) is 1.26. The highest BCUT2D eigenvalue weighted by atomic mass is 32.2. The van der Waals surface area contributed by atoms with E-state index in [9.17, 15) is 43.2 Å². The zero-order valence-corrected chi connectivity index (χ0v) is 32.7. The topological polar surface area (TPSA) is 272 Å². The molecule has 0 aliphatic carbocycles. The Morgan fingerprint density at radius 2 is 1.59 bits per heavy atom. The number of Topliss-reactive ketones (excluding diaryl/α,β-unsaturated/α-hetero) is 3. The SMILES string of the molecule is COCCOCCCC(=O)CCN1C(=O)CC(SCCC(=O)C[C@@H](CCCCN)C(=O)N[C@H](C)C(=O)C[C@@H](C(=O)N[C@@H](CC(=O)O)C(N)=O)C(C)C)C1=O. The standard InChI is InChI=1S/C36H59N5O12S/c1-22(2)27(35(50)40-28(33(38)48)20-32(46)47)19-29(44)23(3)39-34(49)24(8-5-6-12-37)18-26(43)11-17-54-30-21-31(45)41(36(30)51)13-10-25(42)9-7-14-53-16-15-52-4/h22-24,27-28,30H,5-21,37H2,1-4H3,(H2,38,48)(H,39,49)(H,40,50)(H,46,47)/t23-,24-,27-,28+,30?/m1/s1. The minimum absolute atomic E-state index is 0.00537. The van der Waals surface area contributed by atoms with E-state index in [4.69, 9.17) is 26.0 Å². The lowest BCUT2D eigenvalue weighted by atomic mass is 9.87. The third-order valence-electron chi connectivity index (χ3n) is 8.99. The number of hydrogen-bond acceptors (Lipinski definition) is 13. The maximum Gasteiger partial charge on any atom is 0.305 e. The first-order valence-corrected chi connectivity index (χ1v) is 19.5. The van der Waals surface area contributed by atoms with Crippen molar-refractivity contribution in [3.8, 4) is 0 Å². The number of methoxy groups -OCH3 is 1. The summed E-state index contributed by atoms with van der Waals surface area (Å²) >= 11 is 1.18. The van der Waals surface area contributed by atoms with Crippen LogP contribution in [0.5, 0.6) is 0 Å². The largest absolute Gasteiger partial charge is 0.481 e. The summed E-state index contributed by atoms with van der Waals surface area (Å²) in [5.41, 5.74) is 10.9. The summed E-state index contributed by atoms with van der Waals surface area (Å²) < 4.78 is 10.2. The van der Waals surface area contributed by atoms with Crippen LogP contribution in [-0.2, 0) is 52.6 Å². The van der Waals surface area contributed by atoms with Gasteiger partial charge in [-0.2, -0.15) is 0 Å². The molecule has 5 atom stereocenters. The molecule has 0 radical (unpaired) electrons. The number of carbonyl (C=O) groups excluding carboxylic acids is 8. The van der Waals surface area contributed by atoms with Crippen LogP contribution in [0.1, 0.15) is 91.4 Å². The molecule has 54 heavy (non-hydrogen) atoms. The molecule has 1 rings (SSSR count). The summed E-state index contributed by atoms with van der Waals surface area (Å²) in [6.45, 7) is 6.53. The van der Waals surface area contributed by atoms with Crippen LogP contribution in [0.15, 0.2) is 0 Å². The Balaban J connectivity index is 2.68. The number of ketones is 3. The van der Waals surface area contributed by atoms with E-state index >= 15 is 0 Å². The normalized spacial score (nSPS) is 16.5. The maximum atomic E-state index is 13.3. The predicted octanol–water partition coefficient (Wildman–Crippen LogP) is 0.525. The molecule has 5 amide bonds. The van der Waals surface area contributed by atoms with Crippen molar-refractivity contribution >= 4 is 64.6 Å². The third-order valence-corrected chi connectivity index (χ3v) is 10.2. The molecule has 0 spiro atoms. The number of aliphatic carboxylic acids is 1. The molecule has 0 saturated carbocycles. The molecule has 18 heteroatoms. The summed E-state index contributed by atoms with van der Waals surface area (Å²) in [5.74, 6) is -7.00. The Hall–Kier alpha value is -3.74. The lowest BCUT2D eigenvalue weighted by Crippen LogP contribution is -2.49. The summed E-state index contributed by atoms with van der Waals surface area (Å²) in [6, 6.07) is -2.48. The number of nitrogens with two attached hydrogens (primary N) is 2. The Morgan fingerprint density at radius 3 is 2.20 bits per heavy atom. The van der Waals surface area contributed by atoms with Crippen LogP contribution in [-0.4, -0.2) is 126 Å². The first-order valence-electron chi connectivity index (χ1n) is 18.4. The van der Waals surface area contributed by atoms with E-state index in [-0.39, 0.29) is 74.2 Å². The van der Waals surface area contributed by atoms with E-state index in [1.165, 1.54) is 18.7 Å². The van der Waals surface area contributed by atoms with Crippen molar-refractivity contribution in [2.75, 3.05) is 45.8 Å². The fraction of sp³-hybridized carbons (Fsp3) is 0.750. The van der Waals surface area contributed by atoms with Gasteiger partial charge in [0.15, 0.2) is 5.78 Å². The molecule has 7 N–H and O–H groups in total. The first kappa shape index (κ1) is 48.3. The predicted molar refractivity (Wildman–Crippen MR) is 199 cm³/mol. The van der Waals surface area contributed by atoms with Gasteiger partial charge < -0.3 is 36.7 Å². The highest BCUT2D eigenvalue weighted by molar-refractivity contribution is 8.00. The van der Waals surface area contributed by atoms with Crippen molar-refractivity contribution in [3.05, 3.63) is 0 Å². The zero-order valence-electron chi connectivity index (χ0n) is 31.9. The molecule has 306 valence electrons. The Labute approximate surface area is 321 Å². The van der Waals surface area contributed by atoms with Crippen LogP contribution in [0, 0.1) is 17.8 Å². The van der Waals surface area contributed by atoms with Gasteiger partial charge in [0, 0.05) is 76.4 Å². The van der Waals surface area contributed by atoms with E-state index in [0.29, 0.717) is 52.0 Å². The summed E-state index contributed by atoms with van der Waals surface area (Å²) in [5, 5.41) is 13.3. The number of nitrogens with one attached hydrogen (secondary N) is 2. The number of unbranched alkanes of at least 4 members (excludes halogenated alkanes) is 1. The van der Waals surface area contributed by atoms with Crippen molar-refractivity contribution in [2.24, 2.45) is 29.2 Å². The monoisotopic (exact) mass is 785 g/mol. The van der Waals surface area contributed by atoms with Gasteiger partial charge in [-0.25, -0.2) is 0 Å². The number of primary amides is 1. The smallest absolute Gasteiger partial charge is 0.305 e. The molecule has 0 aromatic heterocycles. The average Bonchev–Trinajstić information content (AvgIpc) is 3.37. The fourth-order valence-electron chi connectivity index (χ4n) is 5.66. The van der Waals surface area contributed by atoms with Crippen LogP contribution < -0.4 is 22.1 Å². The highest BCUT2D eigenvalue weighted by Gasteiger charge is 2.39. The van der Waals surface area contributed by atoms with Gasteiger partial charge >= 0.3 is 5.97 Å². The molecule has 17 nitrogen and oxygen atoms in total. The lowest BCUT2D eigenvalue weighted by Gasteiger charge is -2.24. The minimum Gasteiger partial charge on any atom is -0.481 e. The molecule has 1 fully saturated rings. The van der Waals surface area contributed by atoms with Crippen molar-refractivity contribution in [2.45, 2.75) is 109 Å². The van der Waals surface area contributed by atoms with Gasteiger partial charge in [0.2, 0.25) is 29.5 Å². The van der Waals surface area contributed by atoms with E-state index in [1.54, 1.807) is 21.0 Å². The number of rotatable bonds is 31. The molecule has 1 saturated heterocycles. The number of carbonyl (C=O) groups is 9. The number of thioether (sulfide) groups is 1. The number of ether oxygens (including phenoxy) is 2. The molecule has 0 bridgehead atoms. The van der Waals surface area contributed by atoms with Gasteiger partial charge in [-0.15, -0.1) is 11.8 Å². The zero-order chi connectivity index (χ0) is 40.8. The molecule has 1 heterocycles. The van der Waals surface area contributed by atoms with Gasteiger partial charge in [-0.1, -0.05) is 20.3 Å². The van der Waals surface area contributed by atoms with Crippen LogP contribution in [0.3, 0.4) is 0 Å². The van der Waals surface area contributed by atoms with Crippen molar-refractivity contribution < 1.29 is 57.7 Å². The van der Waals surface area contributed by atoms with Crippen LogP contribution in [0.4, 0.5) is 0 Å². The second-order valence-corrected chi connectivity index (χ2v) is 15.0. The molecule has 0 aromatic rings. The Morgan fingerprint density at radius 1 is 0.889 bits per heavy atom. The summed E-state index contributed by atoms with van der Waals surface area (Å²) in [4.78, 5) is 114. The molecular weight excluding hydrogens is 726 g/mol. The number of imide groups is 1. The first-order chi connectivity index (χ1) is 25.5. The van der Waals surface area contributed by atoms with E-state index in [2.05, 4.69) is 10.6 Å². The van der Waals surface area contributed by atoms with Gasteiger partial charge in [0.1, 0.15) is 17.6 Å². The second kappa shape index (κ2) is 26.1. The number of nitrogens with zero attached hydrogens (tertiary/aromatic N) is 1. The van der Waals surface area contributed by atoms with Gasteiger partial charge in [0.25, 0.3) is 0 Å². The maximum absolute atomic E-state index is 13.3. The van der Waals surface area contributed by atoms with Gasteiger partial charge in [0.05, 0.1) is 30.9 Å². The number of likely N-dealkylation sites (tertiary alicyclic amines) is 1. The van der Waals surface area contributed by atoms with E-state index in [1.807, 2.05) is 0 Å². The van der Waals surface area contributed by atoms with Crippen LogP contribution >= 0.6 is 11.8 Å². The minimum atomic E-state index is -1.46. The number of carboxylic acid groups (broad SMARTS) is 1. The van der Waals surface area contributed by atoms with Crippen LogP contribution in [0.25, 0.3) is 0 Å². The quantitative estimate of drug-likeness (QED) is 0.0474. The van der Waals surface area contributed by atoms with E-state index in [0.717, 1.165) is 4.90 Å². The van der Waals surface area contributed by atoms with E-state index < -0.39 is 71.0 Å². The van der Waals surface area contributed by atoms with Crippen molar-refractivity contribution in [1.82, 2.24) is 15.5 Å².